The van der Waals surface area contributed by atoms with Crippen LogP contribution in [0.15, 0.2) is 6.07 Å². The molecule has 0 saturated heterocycles. The molecule has 0 bridgehead atoms. The fourth-order valence-electron chi connectivity index (χ4n) is 0.658. The van der Waals surface area contributed by atoms with Crippen LogP contribution in [0.1, 0.15) is 5.69 Å². The highest BCUT2D eigenvalue weighted by Gasteiger charge is 2.33. The van der Waals surface area contributed by atoms with E-state index in [0.29, 0.717) is 6.07 Å². The van der Waals surface area contributed by atoms with Gasteiger partial charge in [-0.25, -0.2) is 4.79 Å². The summed E-state index contributed by atoms with van der Waals surface area (Å²) < 4.78 is 40.3. The molecule has 2 N–H and O–H groups in total. The third-order valence-corrected chi connectivity index (χ3v) is 1.20. The van der Waals surface area contributed by atoms with Gasteiger partial charge in [0.15, 0.2) is 6.61 Å². The first kappa shape index (κ1) is 10.4. The Bertz CT molecular complexity index is 333. The van der Waals surface area contributed by atoms with Crippen LogP contribution >= 0.6 is 0 Å². The molecule has 5 nitrogen and oxygen atoms in total. The largest absolute Gasteiger partial charge is 0.479 e. The van der Waals surface area contributed by atoms with Gasteiger partial charge in [0.1, 0.15) is 5.69 Å². The molecule has 0 atom stereocenters. The SMILES string of the molecule is O=C(O)COc1cc(C(F)(F)F)[nH]n1. The lowest BCUT2D eigenvalue weighted by atomic mass is 10.4. The minimum absolute atomic E-state index is 0.403. The van der Waals surface area contributed by atoms with Gasteiger partial charge in [-0.2, -0.15) is 13.2 Å². The molecule has 0 saturated carbocycles. The lowest BCUT2D eigenvalue weighted by molar-refractivity contribution is -0.141. The summed E-state index contributed by atoms with van der Waals surface area (Å²) in [6, 6.07) is 0.586. The van der Waals surface area contributed by atoms with E-state index in [1.54, 1.807) is 5.10 Å². The van der Waals surface area contributed by atoms with Crippen molar-refractivity contribution in [2.45, 2.75) is 6.18 Å². The van der Waals surface area contributed by atoms with Crippen molar-refractivity contribution in [2.75, 3.05) is 6.61 Å². The zero-order valence-corrected chi connectivity index (χ0v) is 6.63. The number of rotatable bonds is 3. The van der Waals surface area contributed by atoms with Gasteiger partial charge in [0.2, 0.25) is 5.88 Å². The highest BCUT2D eigenvalue weighted by molar-refractivity contribution is 5.68. The van der Waals surface area contributed by atoms with Crippen molar-refractivity contribution in [1.82, 2.24) is 10.2 Å². The van der Waals surface area contributed by atoms with E-state index in [1.807, 2.05) is 0 Å². The molecule has 0 aliphatic heterocycles. The second-order valence-corrected chi connectivity index (χ2v) is 2.30. The number of hydrogen-bond donors (Lipinski definition) is 2. The first-order valence-electron chi connectivity index (χ1n) is 3.37. The van der Waals surface area contributed by atoms with Crippen molar-refractivity contribution in [3.05, 3.63) is 11.8 Å². The van der Waals surface area contributed by atoms with Crippen LogP contribution in [0.25, 0.3) is 0 Å². The summed E-state index contributed by atoms with van der Waals surface area (Å²) in [5.41, 5.74) is -1.09. The van der Waals surface area contributed by atoms with E-state index in [0.717, 1.165) is 0 Å². The summed E-state index contributed by atoms with van der Waals surface area (Å²) in [5.74, 6) is -1.69. The second-order valence-electron chi connectivity index (χ2n) is 2.30. The molecule has 8 heteroatoms. The van der Waals surface area contributed by atoms with Gasteiger partial charge in [0.25, 0.3) is 0 Å². The topological polar surface area (TPSA) is 75.2 Å². The Labute approximate surface area is 75.5 Å². The first-order valence-corrected chi connectivity index (χ1v) is 3.37. The maximum atomic E-state index is 12.0. The summed E-state index contributed by atoms with van der Waals surface area (Å²) >= 11 is 0. The molecule has 0 aliphatic rings. The van der Waals surface area contributed by atoms with Gasteiger partial charge in [0, 0.05) is 6.07 Å². The number of nitrogens with one attached hydrogen (secondary N) is 1. The number of carboxylic acid groups (broad SMARTS) is 1. The van der Waals surface area contributed by atoms with Crippen molar-refractivity contribution in [3.8, 4) is 5.88 Å². The van der Waals surface area contributed by atoms with Crippen molar-refractivity contribution in [1.29, 1.82) is 0 Å². The average molecular weight is 210 g/mol. The van der Waals surface area contributed by atoms with Crippen LogP contribution in [0.2, 0.25) is 0 Å². The van der Waals surface area contributed by atoms with Crippen molar-refractivity contribution in [3.63, 3.8) is 0 Å². The Morgan fingerprint density at radius 2 is 2.29 bits per heavy atom. The Morgan fingerprint density at radius 3 is 2.71 bits per heavy atom. The zero-order chi connectivity index (χ0) is 10.8. The number of aromatic amines is 1. The van der Waals surface area contributed by atoms with E-state index in [9.17, 15) is 18.0 Å². The third-order valence-electron chi connectivity index (χ3n) is 1.20. The standard InChI is InChI=1S/C6H5F3N2O3/c7-6(8,9)3-1-4(11-10-3)14-2-5(12)13/h1H,2H2,(H,10,11)(H,12,13). The zero-order valence-electron chi connectivity index (χ0n) is 6.63. The summed E-state index contributed by atoms with van der Waals surface area (Å²) in [4.78, 5) is 9.99. The average Bonchev–Trinajstić information content (AvgIpc) is 2.47. The van der Waals surface area contributed by atoms with Crippen LogP contribution in [-0.4, -0.2) is 27.9 Å². The van der Waals surface area contributed by atoms with Crippen molar-refractivity contribution >= 4 is 5.97 Å². The van der Waals surface area contributed by atoms with E-state index in [-0.39, 0.29) is 0 Å². The number of nitrogens with zero attached hydrogens (tertiary/aromatic N) is 1. The van der Waals surface area contributed by atoms with Crippen LogP contribution in [-0.2, 0) is 11.0 Å². The minimum Gasteiger partial charge on any atom is -0.479 e. The summed E-state index contributed by atoms with van der Waals surface area (Å²) in [6.45, 7) is -0.734. The predicted molar refractivity (Wildman–Crippen MR) is 36.7 cm³/mol. The van der Waals surface area contributed by atoms with Gasteiger partial charge in [0.05, 0.1) is 0 Å². The number of carbonyl (C=O) groups is 1. The molecular weight excluding hydrogens is 205 g/mol. The molecule has 78 valence electrons. The fourth-order valence-corrected chi connectivity index (χ4v) is 0.658. The van der Waals surface area contributed by atoms with Gasteiger partial charge in [-0.3, -0.25) is 5.10 Å². The highest BCUT2D eigenvalue weighted by atomic mass is 19.4. The van der Waals surface area contributed by atoms with Crippen LogP contribution in [0.5, 0.6) is 5.88 Å². The second kappa shape index (κ2) is 3.56. The molecule has 0 radical (unpaired) electrons. The Balaban J connectivity index is 2.64. The molecule has 0 aliphatic carbocycles. The van der Waals surface area contributed by atoms with Gasteiger partial charge in [-0.05, 0) is 0 Å². The summed E-state index contributed by atoms with van der Waals surface area (Å²) in [7, 11) is 0. The van der Waals surface area contributed by atoms with Crippen LogP contribution in [0, 0.1) is 0 Å². The Morgan fingerprint density at radius 1 is 1.64 bits per heavy atom. The fraction of sp³-hybridized carbons (Fsp3) is 0.333. The van der Waals surface area contributed by atoms with Crippen molar-refractivity contribution < 1.29 is 27.8 Å². The van der Waals surface area contributed by atoms with Crippen LogP contribution in [0.4, 0.5) is 13.2 Å². The molecule has 0 unspecified atom stereocenters. The highest BCUT2D eigenvalue weighted by Crippen LogP contribution is 2.29. The van der Waals surface area contributed by atoms with Gasteiger partial charge in [-0.1, -0.05) is 0 Å². The minimum atomic E-state index is -4.54. The first-order chi connectivity index (χ1) is 6.39. The van der Waals surface area contributed by atoms with Gasteiger partial charge >= 0.3 is 12.1 Å². The number of carboxylic acids is 1. The van der Waals surface area contributed by atoms with Crippen molar-refractivity contribution in [2.24, 2.45) is 0 Å². The lowest BCUT2D eigenvalue weighted by Crippen LogP contribution is -2.09. The molecule has 1 aromatic heterocycles. The number of alkyl halides is 3. The number of hydrogen-bond acceptors (Lipinski definition) is 3. The number of aromatic nitrogens is 2. The number of H-pyrrole nitrogens is 1. The molecule has 0 aromatic carbocycles. The summed E-state index contributed by atoms with van der Waals surface area (Å²) in [5, 5.41) is 13.0. The van der Waals surface area contributed by atoms with Crippen LogP contribution in [0.3, 0.4) is 0 Å². The van der Waals surface area contributed by atoms with E-state index in [4.69, 9.17) is 5.11 Å². The van der Waals surface area contributed by atoms with Crippen LogP contribution < -0.4 is 4.74 Å². The maximum Gasteiger partial charge on any atom is 0.432 e. The predicted octanol–water partition coefficient (Wildman–Crippen LogP) is 0.892. The maximum absolute atomic E-state index is 12.0. The quantitative estimate of drug-likeness (QED) is 0.776. The number of halogens is 3. The monoisotopic (exact) mass is 210 g/mol. The molecule has 1 heterocycles. The number of ether oxygens (including phenoxy) is 1. The molecule has 0 amide bonds. The normalized spacial score (nSPS) is 11.4. The van der Waals surface area contributed by atoms with E-state index < -0.39 is 30.3 Å². The van der Waals surface area contributed by atoms with Gasteiger partial charge in [-0.15, -0.1) is 5.10 Å². The smallest absolute Gasteiger partial charge is 0.432 e. The molecule has 1 aromatic rings. The summed E-state index contributed by atoms with van der Waals surface area (Å²) in [6.07, 6.45) is -4.54. The lowest BCUT2D eigenvalue weighted by Gasteiger charge is -1.99. The molecular formula is C6H5F3N2O3. The van der Waals surface area contributed by atoms with Gasteiger partial charge < -0.3 is 9.84 Å². The molecule has 0 fully saturated rings. The third kappa shape index (κ3) is 2.64. The van der Waals surface area contributed by atoms with E-state index in [1.165, 1.54) is 0 Å². The number of aliphatic carboxylic acids is 1. The molecule has 14 heavy (non-hydrogen) atoms. The Hall–Kier alpha value is -1.73. The van der Waals surface area contributed by atoms with E-state index >= 15 is 0 Å². The van der Waals surface area contributed by atoms with E-state index in [2.05, 4.69) is 9.84 Å². The molecule has 1 rings (SSSR count). The Kier molecular flexibility index (Phi) is 2.63. The molecule has 0 spiro atoms.